The van der Waals surface area contributed by atoms with Crippen molar-refractivity contribution in [3.8, 4) is 0 Å². The molecule has 1 N–H and O–H groups in total. The van der Waals surface area contributed by atoms with Crippen LogP contribution in [0, 0.1) is 0 Å². The van der Waals surface area contributed by atoms with E-state index in [1.807, 2.05) is 17.1 Å². The highest BCUT2D eigenvalue weighted by Crippen LogP contribution is 2.30. The third kappa shape index (κ3) is 2.75. The zero-order chi connectivity index (χ0) is 14.8. The summed E-state index contributed by atoms with van der Waals surface area (Å²) < 4.78 is 4.27. The van der Waals surface area contributed by atoms with Crippen LogP contribution in [0.5, 0.6) is 0 Å². The summed E-state index contributed by atoms with van der Waals surface area (Å²) in [5, 5.41) is 10.1. The molecule has 21 heavy (non-hydrogen) atoms. The minimum Gasteiger partial charge on any atom is -0.305 e. The maximum Gasteiger partial charge on any atom is 0.0809 e. The molecule has 110 valence electrons. The van der Waals surface area contributed by atoms with Crippen LogP contribution < -0.4 is 5.32 Å². The first-order chi connectivity index (χ1) is 10.2. The molecule has 0 saturated heterocycles. The van der Waals surface area contributed by atoms with E-state index in [1.54, 1.807) is 11.3 Å². The highest BCUT2D eigenvalue weighted by molar-refractivity contribution is 9.10. The third-order valence-electron chi connectivity index (χ3n) is 3.47. The van der Waals surface area contributed by atoms with Crippen LogP contribution in [0.2, 0.25) is 0 Å². The Morgan fingerprint density at radius 3 is 3.00 bits per heavy atom. The summed E-state index contributed by atoms with van der Waals surface area (Å²) in [4.78, 5) is 4.56. The Labute approximate surface area is 136 Å². The first-order valence-corrected chi connectivity index (χ1v) is 8.69. The van der Waals surface area contributed by atoms with Gasteiger partial charge < -0.3 is 5.32 Å². The number of thiophene rings is 1. The van der Waals surface area contributed by atoms with E-state index in [2.05, 4.69) is 62.7 Å². The Morgan fingerprint density at radius 1 is 1.38 bits per heavy atom. The van der Waals surface area contributed by atoms with Gasteiger partial charge in [-0.05, 0) is 52.5 Å². The van der Waals surface area contributed by atoms with E-state index >= 15 is 0 Å². The van der Waals surface area contributed by atoms with Crippen molar-refractivity contribution in [1.82, 2.24) is 20.1 Å². The number of aromatic nitrogens is 3. The molecule has 3 rings (SSSR count). The number of pyridine rings is 1. The molecule has 0 saturated carbocycles. The van der Waals surface area contributed by atoms with E-state index < -0.39 is 0 Å². The lowest BCUT2D eigenvalue weighted by Crippen LogP contribution is -2.25. The fourth-order valence-corrected chi connectivity index (χ4v) is 3.82. The fraction of sp³-hybridized carbons (Fsp3) is 0.333. The molecule has 0 radical (unpaired) electrons. The van der Waals surface area contributed by atoms with Crippen molar-refractivity contribution in [3.05, 3.63) is 45.6 Å². The van der Waals surface area contributed by atoms with Gasteiger partial charge in [0.05, 0.1) is 32.6 Å². The van der Waals surface area contributed by atoms with Gasteiger partial charge >= 0.3 is 0 Å². The average molecular weight is 365 g/mol. The molecule has 0 aliphatic heterocycles. The summed E-state index contributed by atoms with van der Waals surface area (Å²) >= 11 is 5.35. The Bertz CT molecular complexity index is 749. The van der Waals surface area contributed by atoms with Gasteiger partial charge in [0.2, 0.25) is 0 Å². The average Bonchev–Trinajstić information content (AvgIpc) is 3.10. The van der Waals surface area contributed by atoms with Crippen LogP contribution in [0.15, 0.2) is 34.4 Å². The zero-order valence-electron chi connectivity index (χ0n) is 12.0. The van der Waals surface area contributed by atoms with E-state index in [0.717, 1.165) is 28.8 Å². The van der Waals surface area contributed by atoms with Crippen molar-refractivity contribution in [2.45, 2.75) is 26.4 Å². The minimum atomic E-state index is 0.0887. The lowest BCUT2D eigenvalue weighted by molar-refractivity contribution is 0.540. The van der Waals surface area contributed by atoms with Gasteiger partial charge in [-0.1, -0.05) is 6.92 Å². The number of rotatable bonds is 5. The number of nitrogens with one attached hydrogen (secondary N) is 1. The first kappa shape index (κ1) is 14.7. The van der Waals surface area contributed by atoms with Crippen molar-refractivity contribution in [2.75, 3.05) is 6.54 Å². The lowest BCUT2D eigenvalue weighted by atomic mass is 10.1. The quantitative estimate of drug-likeness (QED) is 0.744. The van der Waals surface area contributed by atoms with Crippen LogP contribution in [-0.2, 0) is 6.54 Å². The SMILES string of the molecule is CCNC(c1cnc2ccsc2c1)c1c(Br)cnn1CC. The molecule has 3 heterocycles. The highest BCUT2D eigenvalue weighted by atomic mass is 79.9. The molecule has 0 bridgehead atoms. The van der Waals surface area contributed by atoms with Crippen LogP contribution in [0.25, 0.3) is 10.2 Å². The Kier molecular flexibility index (Phi) is 4.37. The maximum absolute atomic E-state index is 4.56. The molecule has 0 amide bonds. The predicted molar refractivity (Wildman–Crippen MR) is 90.7 cm³/mol. The van der Waals surface area contributed by atoms with Crippen molar-refractivity contribution >= 4 is 37.5 Å². The Balaban J connectivity index is 2.10. The maximum atomic E-state index is 4.56. The predicted octanol–water partition coefficient (Wildman–Crippen LogP) is 3.97. The Morgan fingerprint density at radius 2 is 2.24 bits per heavy atom. The number of nitrogens with zero attached hydrogens (tertiary/aromatic N) is 3. The second-order valence-electron chi connectivity index (χ2n) is 4.76. The summed E-state index contributed by atoms with van der Waals surface area (Å²) in [6.07, 6.45) is 3.82. The number of halogens is 1. The van der Waals surface area contributed by atoms with E-state index in [0.29, 0.717) is 0 Å². The van der Waals surface area contributed by atoms with Gasteiger partial charge in [-0.25, -0.2) is 0 Å². The van der Waals surface area contributed by atoms with Crippen LogP contribution in [0.3, 0.4) is 0 Å². The van der Waals surface area contributed by atoms with Crippen molar-refractivity contribution in [2.24, 2.45) is 0 Å². The molecule has 6 heteroatoms. The van der Waals surface area contributed by atoms with Crippen LogP contribution in [-0.4, -0.2) is 21.3 Å². The van der Waals surface area contributed by atoms with E-state index in [4.69, 9.17) is 0 Å². The summed E-state index contributed by atoms with van der Waals surface area (Å²) in [5.41, 5.74) is 3.38. The van der Waals surface area contributed by atoms with E-state index in [-0.39, 0.29) is 6.04 Å². The standard InChI is InChI=1S/C15H17BrN4S/c1-3-17-14(15-11(16)9-19-20(15)4-2)10-7-13-12(18-8-10)5-6-21-13/h5-9,14,17H,3-4H2,1-2H3. The van der Waals surface area contributed by atoms with Crippen LogP contribution in [0.4, 0.5) is 0 Å². The highest BCUT2D eigenvalue weighted by Gasteiger charge is 2.21. The first-order valence-electron chi connectivity index (χ1n) is 7.02. The number of fused-ring (bicyclic) bond motifs is 1. The third-order valence-corrected chi connectivity index (χ3v) is 4.94. The zero-order valence-corrected chi connectivity index (χ0v) is 14.4. The topological polar surface area (TPSA) is 42.7 Å². The molecular weight excluding hydrogens is 348 g/mol. The van der Waals surface area contributed by atoms with Gasteiger partial charge in [0.15, 0.2) is 0 Å². The largest absolute Gasteiger partial charge is 0.305 e. The van der Waals surface area contributed by atoms with Crippen molar-refractivity contribution < 1.29 is 0 Å². The molecule has 1 unspecified atom stereocenters. The second kappa shape index (κ2) is 6.25. The van der Waals surface area contributed by atoms with Gasteiger partial charge in [-0.15, -0.1) is 11.3 Å². The fourth-order valence-electron chi connectivity index (χ4n) is 2.51. The normalized spacial score (nSPS) is 12.9. The van der Waals surface area contributed by atoms with Crippen molar-refractivity contribution in [3.63, 3.8) is 0 Å². The number of aryl methyl sites for hydroxylation is 1. The molecule has 4 nitrogen and oxygen atoms in total. The van der Waals surface area contributed by atoms with Gasteiger partial charge in [0, 0.05) is 12.7 Å². The summed E-state index contributed by atoms with van der Waals surface area (Å²) in [6.45, 7) is 5.95. The smallest absolute Gasteiger partial charge is 0.0809 e. The molecule has 1 atom stereocenters. The minimum absolute atomic E-state index is 0.0887. The van der Waals surface area contributed by atoms with Crippen LogP contribution >= 0.6 is 27.3 Å². The molecule has 0 spiro atoms. The molecule has 0 aliphatic rings. The number of hydrogen-bond donors (Lipinski definition) is 1. The summed E-state index contributed by atoms with van der Waals surface area (Å²) in [6, 6.07) is 4.36. The molecule has 0 fully saturated rings. The number of hydrogen-bond acceptors (Lipinski definition) is 4. The molecule has 3 aromatic heterocycles. The Hall–Kier alpha value is -1.24. The molecule has 3 aromatic rings. The second-order valence-corrected chi connectivity index (χ2v) is 6.56. The van der Waals surface area contributed by atoms with Crippen molar-refractivity contribution in [1.29, 1.82) is 0 Å². The monoisotopic (exact) mass is 364 g/mol. The lowest BCUT2D eigenvalue weighted by Gasteiger charge is -2.20. The van der Waals surface area contributed by atoms with Crippen LogP contribution in [0.1, 0.15) is 31.1 Å². The van der Waals surface area contributed by atoms with Gasteiger partial charge in [0.1, 0.15) is 0 Å². The molecule has 0 aromatic carbocycles. The van der Waals surface area contributed by atoms with E-state index in [9.17, 15) is 0 Å². The van der Waals surface area contributed by atoms with E-state index in [1.165, 1.54) is 10.3 Å². The summed E-state index contributed by atoms with van der Waals surface area (Å²) in [7, 11) is 0. The summed E-state index contributed by atoms with van der Waals surface area (Å²) in [5.74, 6) is 0. The van der Waals surface area contributed by atoms with Gasteiger partial charge in [-0.2, -0.15) is 5.10 Å². The molecular formula is C15H17BrN4S. The molecule has 0 aliphatic carbocycles. The van der Waals surface area contributed by atoms with Gasteiger partial charge in [-0.3, -0.25) is 9.67 Å². The van der Waals surface area contributed by atoms with Gasteiger partial charge in [0.25, 0.3) is 0 Å².